The van der Waals surface area contributed by atoms with E-state index in [1.54, 1.807) is 6.92 Å². The average Bonchev–Trinajstić information content (AvgIpc) is 2.50. The largest absolute Gasteiger partial charge is 0.394 e. The van der Waals surface area contributed by atoms with Gasteiger partial charge in [-0.3, -0.25) is 4.79 Å². The highest BCUT2D eigenvalue weighted by Crippen LogP contribution is 2.41. The lowest BCUT2D eigenvalue weighted by Gasteiger charge is -2.44. The minimum Gasteiger partial charge on any atom is -0.394 e. The van der Waals surface area contributed by atoms with Crippen LogP contribution in [0.15, 0.2) is 11.1 Å². The summed E-state index contributed by atoms with van der Waals surface area (Å²) in [5.41, 5.74) is 0.508. The smallest absolute Gasteiger partial charge is 0.187 e. The maximum Gasteiger partial charge on any atom is 0.187 e. The van der Waals surface area contributed by atoms with Crippen LogP contribution in [0.4, 0.5) is 0 Å². The lowest BCUT2D eigenvalue weighted by Crippen LogP contribution is -2.60. The van der Waals surface area contributed by atoms with E-state index >= 15 is 0 Å². The molecule has 8 heteroatoms. The second-order valence-electron chi connectivity index (χ2n) is 7.12. The van der Waals surface area contributed by atoms with Crippen LogP contribution in [0.1, 0.15) is 27.2 Å². The first kappa shape index (κ1) is 19.5. The first-order valence-corrected chi connectivity index (χ1v) is 7.94. The van der Waals surface area contributed by atoms with Crippen molar-refractivity contribution in [2.24, 2.45) is 5.41 Å². The van der Waals surface area contributed by atoms with Crippen molar-refractivity contribution < 1.29 is 39.8 Å². The second kappa shape index (κ2) is 7.17. The minimum atomic E-state index is -1.56. The number of carbonyl (C=O) groups excluding carboxylic acids is 1. The zero-order chi connectivity index (χ0) is 18.2. The van der Waals surface area contributed by atoms with Crippen molar-refractivity contribution in [3.05, 3.63) is 11.1 Å². The van der Waals surface area contributed by atoms with E-state index in [1.165, 1.54) is 0 Å². The average molecular weight is 346 g/mol. The van der Waals surface area contributed by atoms with Crippen LogP contribution < -0.4 is 0 Å². The Morgan fingerprint density at radius 3 is 2.38 bits per heavy atom. The van der Waals surface area contributed by atoms with Crippen LogP contribution in [0.3, 0.4) is 0 Å². The molecule has 1 saturated heterocycles. The number of ether oxygens (including phenoxy) is 2. The Morgan fingerprint density at radius 1 is 1.21 bits per heavy atom. The number of aliphatic hydroxyl groups is 5. The summed E-state index contributed by atoms with van der Waals surface area (Å²) in [4.78, 5) is 11.4. The van der Waals surface area contributed by atoms with Gasteiger partial charge in [-0.25, -0.2) is 0 Å². The van der Waals surface area contributed by atoms with E-state index in [-0.39, 0.29) is 6.42 Å². The van der Waals surface area contributed by atoms with Gasteiger partial charge in [0.25, 0.3) is 0 Å². The molecule has 1 fully saturated rings. The van der Waals surface area contributed by atoms with Gasteiger partial charge in [0, 0.05) is 0 Å². The molecule has 8 nitrogen and oxygen atoms in total. The molecule has 0 aromatic rings. The van der Waals surface area contributed by atoms with Gasteiger partial charge in [0.1, 0.15) is 36.8 Å². The Kier molecular flexibility index (Phi) is 5.81. The van der Waals surface area contributed by atoms with Gasteiger partial charge in [0.2, 0.25) is 0 Å². The van der Waals surface area contributed by atoms with Crippen molar-refractivity contribution in [2.75, 3.05) is 6.61 Å². The van der Waals surface area contributed by atoms with Crippen molar-refractivity contribution in [3.8, 4) is 0 Å². The molecule has 2 rings (SSSR count). The van der Waals surface area contributed by atoms with Crippen LogP contribution >= 0.6 is 0 Å². The fourth-order valence-electron chi connectivity index (χ4n) is 3.48. The Bertz CT molecular complexity index is 500. The Balaban J connectivity index is 2.24. The summed E-state index contributed by atoms with van der Waals surface area (Å²) < 4.78 is 10.9. The van der Waals surface area contributed by atoms with Gasteiger partial charge in [-0.15, -0.1) is 0 Å². The number of allylic oxidation sites excluding steroid dienone is 1. The zero-order valence-electron chi connectivity index (χ0n) is 14.0. The monoisotopic (exact) mass is 346 g/mol. The van der Waals surface area contributed by atoms with E-state index in [2.05, 4.69) is 0 Å². The number of rotatable bonds is 4. The van der Waals surface area contributed by atoms with Gasteiger partial charge < -0.3 is 35.0 Å². The van der Waals surface area contributed by atoms with Gasteiger partial charge in [-0.1, -0.05) is 13.8 Å². The number of hydrogen-bond donors (Lipinski definition) is 5. The van der Waals surface area contributed by atoms with E-state index in [9.17, 15) is 30.3 Å². The van der Waals surface area contributed by atoms with Crippen LogP contribution in [-0.2, 0) is 14.3 Å². The summed E-state index contributed by atoms with van der Waals surface area (Å²) in [6, 6.07) is 0. The predicted octanol–water partition coefficient (Wildman–Crippen LogP) is -1.52. The second-order valence-corrected chi connectivity index (χ2v) is 7.12. The lowest BCUT2D eigenvalue weighted by molar-refractivity contribution is -0.314. The fraction of sp³-hybridized carbons (Fsp3) is 0.812. The molecule has 0 amide bonds. The van der Waals surface area contributed by atoms with E-state index in [1.807, 2.05) is 13.8 Å². The van der Waals surface area contributed by atoms with Crippen LogP contribution in [0, 0.1) is 5.41 Å². The topological polar surface area (TPSA) is 137 Å². The molecule has 0 bridgehead atoms. The highest BCUT2D eigenvalue weighted by molar-refractivity contribution is 5.77. The van der Waals surface area contributed by atoms with Crippen LogP contribution in [0.2, 0.25) is 0 Å². The summed E-state index contributed by atoms with van der Waals surface area (Å²) in [5.74, 6) is 0. The molecule has 138 valence electrons. The number of aliphatic hydroxyl groups excluding tert-OH is 5. The molecule has 7 atom stereocenters. The Hall–Kier alpha value is -0.870. The molecule has 0 aromatic heterocycles. The van der Waals surface area contributed by atoms with Crippen molar-refractivity contribution >= 4 is 6.29 Å². The molecule has 0 saturated carbocycles. The third-order valence-electron chi connectivity index (χ3n) is 4.90. The third kappa shape index (κ3) is 3.41. The highest BCUT2D eigenvalue weighted by atomic mass is 16.7. The van der Waals surface area contributed by atoms with Crippen molar-refractivity contribution in [1.82, 2.24) is 0 Å². The SMILES string of the molecule is CC1=C(C=O)C(C)(C)C[C@H](O)[C@@H]1O[C@@H]1O[C@H](CO)[C@@H](O)[C@H](O)[C@H]1O. The molecule has 0 spiro atoms. The quantitative estimate of drug-likeness (QED) is 0.387. The molecule has 1 aliphatic carbocycles. The van der Waals surface area contributed by atoms with Crippen molar-refractivity contribution in [2.45, 2.75) is 70.1 Å². The molecule has 5 N–H and O–H groups in total. The molecule has 0 unspecified atom stereocenters. The maximum absolute atomic E-state index is 11.4. The number of hydrogen-bond acceptors (Lipinski definition) is 8. The summed E-state index contributed by atoms with van der Waals surface area (Å²) in [7, 11) is 0. The molecule has 24 heavy (non-hydrogen) atoms. The first-order chi connectivity index (χ1) is 11.1. The highest BCUT2D eigenvalue weighted by Gasteiger charge is 2.47. The van der Waals surface area contributed by atoms with Gasteiger partial charge in [-0.2, -0.15) is 0 Å². The number of carbonyl (C=O) groups is 1. The summed E-state index contributed by atoms with van der Waals surface area (Å²) in [6.45, 7) is 4.77. The van der Waals surface area contributed by atoms with Gasteiger partial charge in [-0.05, 0) is 29.9 Å². The molecular formula is C16H26O8. The molecule has 2 aliphatic rings. The van der Waals surface area contributed by atoms with E-state index in [0.29, 0.717) is 11.1 Å². The molecular weight excluding hydrogens is 320 g/mol. The van der Waals surface area contributed by atoms with E-state index < -0.39 is 54.9 Å². The summed E-state index contributed by atoms with van der Waals surface area (Å²) in [5, 5.41) is 49.2. The lowest BCUT2D eigenvalue weighted by atomic mass is 9.71. The van der Waals surface area contributed by atoms with Crippen LogP contribution in [-0.4, -0.2) is 81.3 Å². The van der Waals surface area contributed by atoms with Gasteiger partial charge in [0.05, 0.1) is 12.7 Å². The van der Waals surface area contributed by atoms with Crippen molar-refractivity contribution in [3.63, 3.8) is 0 Å². The Morgan fingerprint density at radius 2 is 1.83 bits per heavy atom. The van der Waals surface area contributed by atoms with Crippen LogP contribution in [0.25, 0.3) is 0 Å². The number of aldehydes is 1. The van der Waals surface area contributed by atoms with Gasteiger partial charge in [0.15, 0.2) is 6.29 Å². The summed E-state index contributed by atoms with van der Waals surface area (Å²) in [6.07, 6.45) is -7.89. The fourth-order valence-corrected chi connectivity index (χ4v) is 3.48. The minimum absolute atomic E-state index is 0.278. The predicted molar refractivity (Wildman–Crippen MR) is 81.8 cm³/mol. The summed E-state index contributed by atoms with van der Waals surface area (Å²) >= 11 is 0. The van der Waals surface area contributed by atoms with E-state index in [4.69, 9.17) is 9.47 Å². The molecule has 0 radical (unpaired) electrons. The van der Waals surface area contributed by atoms with Crippen molar-refractivity contribution in [1.29, 1.82) is 0 Å². The molecule has 0 aromatic carbocycles. The van der Waals surface area contributed by atoms with E-state index in [0.717, 1.165) is 6.29 Å². The maximum atomic E-state index is 11.4. The normalized spacial score (nSPS) is 42.9. The first-order valence-electron chi connectivity index (χ1n) is 7.94. The molecule has 1 heterocycles. The third-order valence-corrected chi connectivity index (χ3v) is 4.90. The van der Waals surface area contributed by atoms with Gasteiger partial charge >= 0.3 is 0 Å². The Labute approximate surface area is 140 Å². The van der Waals surface area contributed by atoms with Crippen LogP contribution in [0.5, 0.6) is 0 Å². The molecule has 1 aliphatic heterocycles. The zero-order valence-corrected chi connectivity index (χ0v) is 14.0. The standard InChI is InChI=1S/C16H26O8/c1-7-8(5-17)16(2,3)4-9(19)14(7)24-15-13(22)12(21)11(20)10(6-18)23-15/h5,9-15,18-22H,4,6H2,1-3H3/t9-,10+,11+,12-,13+,14+,15-/m0/s1.